The van der Waals surface area contributed by atoms with Crippen LogP contribution < -0.4 is 0 Å². The summed E-state index contributed by atoms with van der Waals surface area (Å²) in [6.07, 6.45) is 16.0. The van der Waals surface area contributed by atoms with Gasteiger partial charge in [0.2, 0.25) is 0 Å². The van der Waals surface area contributed by atoms with Gasteiger partial charge in [0.05, 0.1) is 0 Å². The van der Waals surface area contributed by atoms with E-state index in [2.05, 4.69) is 12.8 Å². The van der Waals surface area contributed by atoms with E-state index in [1.165, 1.54) is 51.4 Å². The minimum atomic E-state index is 0. The fraction of sp³-hybridized carbons (Fsp3) is 0.727. The van der Waals surface area contributed by atoms with Crippen molar-refractivity contribution in [3.63, 3.8) is 0 Å². The second kappa shape index (κ2) is 12.2. The minimum Gasteiger partial charge on any atom is -0.358 e. The molecule has 0 aliphatic heterocycles. The van der Waals surface area contributed by atoms with Gasteiger partial charge in [-0.1, -0.05) is 25.7 Å². The van der Waals surface area contributed by atoms with E-state index >= 15 is 0 Å². The molecule has 2 aliphatic carbocycles. The van der Waals surface area contributed by atoms with Gasteiger partial charge in [0.25, 0.3) is 0 Å². The molecule has 0 bridgehead atoms. The van der Waals surface area contributed by atoms with E-state index in [0.717, 1.165) is 0 Å². The third-order valence-electron chi connectivity index (χ3n) is 2.13. The fourth-order valence-electron chi connectivity index (χ4n) is 1.44. The van der Waals surface area contributed by atoms with E-state index in [-0.39, 0.29) is 43.0 Å². The van der Waals surface area contributed by atoms with Crippen LogP contribution in [0.4, 0.5) is 0 Å². The van der Waals surface area contributed by atoms with Gasteiger partial charge in [0.15, 0.2) is 0 Å². The Morgan fingerprint density at radius 1 is 0.583 bits per heavy atom. The largest absolute Gasteiger partial charge is 3.00 e. The maximum atomic E-state index is 2.36. The van der Waals surface area contributed by atoms with Crippen LogP contribution in [0.15, 0.2) is 0 Å². The Labute approximate surface area is 106 Å². The fourth-order valence-corrected chi connectivity index (χ4v) is 1.44. The maximum absolute atomic E-state index is 2.36. The van der Waals surface area contributed by atoms with Gasteiger partial charge in [-0.2, -0.15) is 25.7 Å². The topological polar surface area (TPSA) is 0 Å². The third-order valence-corrected chi connectivity index (χ3v) is 2.13. The molecule has 1 heteroatoms. The average molecular weight is 292 g/mol. The van der Waals surface area contributed by atoms with Crippen molar-refractivity contribution in [2.24, 2.45) is 0 Å². The molecule has 0 unspecified atom stereocenters. The molecule has 68 valence electrons. The van der Waals surface area contributed by atoms with Crippen molar-refractivity contribution in [2.45, 2.75) is 51.4 Å². The molecule has 0 N–H and O–H groups in total. The van der Waals surface area contributed by atoms with Gasteiger partial charge in [-0.3, -0.25) is 0 Å². The summed E-state index contributed by atoms with van der Waals surface area (Å²) in [6.45, 7) is 0. The molecule has 0 aromatic heterocycles. The van der Waals surface area contributed by atoms with E-state index in [4.69, 9.17) is 0 Å². The zero-order valence-corrected chi connectivity index (χ0v) is 12.0. The molecular formula is C11H21La. The van der Waals surface area contributed by atoms with Crippen molar-refractivity contribution in [2.75, 3.05) is 0 Å². The molecule has 2 rings (SSSR count). The summed E-state index contributed by atoms with van der Waals surface area (Å²) >= 11 is 0. The van der Waals surface area contributed by atoms with E-state index in [1.807, 2.05) is 0 Å². The van der Waals surface area contributed by atoms with Crippen molar-refractivity contribution in [1.29, 1.82) is 0 Å². The predicted octanol–water partition coefficient (Wildman–Crippen LogP) is 3.98. The molecule has 2 aliphatic rings. The molecule has 0 spiro atoms. The van der Waals surface area contributed by atoms with Gasteiger partial charge >= 0.3 is 35.6 Å². The number of hydrogen-bond donors (Lipinski definition) is 0. The van der Waals surface area contributed by atoms with Gasteiger partial charge in [-0.05, 0) is 0 Å². The summed E-state index contributed by atoms with van der Waals surface area (Å²) in [5, 5.41) is 0. The Hall–Kier alpha value is 1.19. The Balaban J connectivity index is 0. The first kappa shape index (κ1) is 15.7. The van der Waals surface area contributed by atoms with Crippen LogP contribution in [0, 0.1) is 55.9 Å². The molecule has 0 saturated heterocycles. The standard InChI is InChI=1S/2C5H9.CH3.La/c2*1-2-4-5-3-1;;/h2*1H,2-5H2;1H3;/q3*-1;+3. The van der Waals surface area contributed by atoms with Crippen molar-refractivity contribution < 1.29 is 35.6 Å². The van der Waals surface area contributed by atoms with Crippen molar-refractivity contribution in [3.05, 3.63) is 20.3 Å². The quantitative estimate of drug-likeness (QED) is 0.592. The van der Waals surface area contributed by atoms with Crippen LogP contribution >= 0.6 is 0 Å². The summed E-state index contributed by atoms with van der Waals surface area (Å²) in [5.41, 5.74) is 0. The van der Waals surface area contributed by atoms with Crippen LogP contribution in [0.2, 0.25) is 0 Å². The molecule has 0 amide bonds. The Morgan fingerprint density at radius 3 is 0.917 bits per heavy atom. The average Bonchev–Trinajstić information content (AvgIpc) is 2.67. The first-order valence-corrected chi connectivity index (χ1v) is 4.63. The van der Waals surface area contributed by atoms with Gasteiger partial charge in [-0.15, -0.1) is 0 Å². The monoisotopic (exact) mass is 292 g/mol. The molecule has 0 radical (unpaired) electrons. The van der Waals surface area contributed by atoms with Crippen LogP contribution in [-0.4, -0.2) is 0 Å². The van der Waals surface area contributed by atoms with Crippen LogP contribution in [0.3, 0.4) is 0 Å². The van der Waals surface area contributed by atoms with Gasteiger partial charge in [0.1, 0.15) is 0 Å². The first-order valence-electron chi connectivity index (χ1n) is 4.63. The molecular weight excluding hydrogens is 271 g/mol. The molecule has 0 aromatic carbocycles. The summed E-state index contributed by atoms with van der Waals surface area (Å²) in [5.74, 6) is 0. The maximum Gasteiger partial charge on any atom is 3.00 e. The normalized spacial score (nSPS) is 20.0. The molecule has 0 heterocycles. The zero-order valence-electron chi connectivity index (χ0n) is 8.39. The number of rotatable bonds is 0. The summed E-state index contributed by atoms with van der Waals surface area (Å²) in [7, 11) is 0. The SMILES string of the molecule is [CH-]1CCCC1.[CH-]1CCCC1.[CH3-].[La+3]. The Bertz CT molecular complexity index is 38.2. The molecule has 0 nitrogen and oxygen atoms in total. The van der Waals surface area contributed by atoms with Crippen LogP contribution in [0.25, 0.3) is 0 Å². The molecule has 0 atom stereocenters. The minimum absolute atomic E-state index is 0. The Kier molecular flexibility index (Phi) is 15.9. The first-order chi connectivity index (χ1) is 5.00. The van der Waals surface area contributed by atoms with Crippen LogP contribution in [0.1, 0.15) is 51.4 Å². The molecule has 0 aromatic rings. The number of hydrogen-bond acceptors (Lipinski definition) is 0. The molecule has 12 heavy (non-hydrogen) atoms. The van der Waals surface area contributed by atoms with Gasteiger partial charge in [0, 0.05) is 0 Å². The second-order valence-electron chi connectivity index (χ2n) is 3.15. The zero-order chi connectivity index (χ0) is 7.07. The van der Waals surface area contributed by atoms with Gasteiger partial charge in [-0.25, -0.2) is 0 Å². The summed E-state index contributed by atoms with van der Waals surface area (Å²) in [4.78, 5) is 0. The Morgan fingerprint density at radius 2 is 0.833 bits per heavy atom. The van der Waals surface area contributed by atoms with Gasteiger partial charge < -0.3 is 20.3 Å². The van der Waals surface area contributed by atoms with Crippen molar-refractivity contribution in [1.82, 2.24) is 0 Å². The van der Waals surface area contributed by atoms with Crippen molar-refractivity contribution >= 4 is 0 Å². The summed E-state index contributed by atoms with van der Waals surface area (Å²) < 4.78 is 0. The van der Waals surface area contributed by atoms with Crippen LogP contribution in [-0.2, 0) is 0 Å². The molecule has 2 saturated carbocycles. The molecule has 2 fully saturated rings. The van der Waals surface area contributed by atoms with E-state index < -0.39 is 0 Å². The van der Waals surface area contributed by atoms with E-state index in [0.29, 0.717) is 0 Å². The predicted molar refractivity (Wildman–Crippen MR) is 52.0 cm³/mol. The van der Waals surface area contributed by atoms with Crippen LogP contribution in [0.5, 0.6) is 0 Å². The van der Waals surface area contributed by atoms with E-state index in [1.54, 1.807) is 0 Å². The smallest absolute Gasteiger partial charge is 0.358 e. The van der Waals surface area contributed by atoms with Crippen molar-refractivity contribution in [3.8, 4) is 0 Å². The summed E-state index contributed by atoms with van der Waals surface area (Å²) in [6, 6.07) is 0. The second-order valence-corrected chi connectivity index (χ2v) is 3.15. The third kappa shape index (κ3) is 9.28. The van der Waals surface area contributed by atoms with E-state index in [9.17, 15) is 0 Å².